The van der Waals surface area contributed by atoms with E-state index >= 15 is 0 Å². The fourth-order valence-electron chi connectivity index (χ4n) is 0.431. The number of ether oxygens (including phenoxy) is 1. The van der Waals surface area contributed by atoms with Crippen LogP contribution < -0.4 is 0 Å². The van der Waals surface area contributed by atoms with Crippen LogP contribution in [0.25, 0.3) is 0 Å². The van der Waals surface area contributed by atoms with E-state index in [1.807, 2.05) is 13.0 Å². The Labute approximate surface area is 56.3 Å². The first kappa shape index (κ1) is 8.02. The van der Waals surface area contributed by atoms with Crippen LogP contribution >= 0.6 is 0 Å². The van der Waals surface area contributed by atoms with Crippen molar-refractivity contribution in [2.45, 2.75) is 6.92 Å². The van der Waals surface area contributed by atoms with Crippen molar-refractivity contribution in [2.24, 2.45) is 0 Å². The van der Waals surface area contributed by atoms with E-state index in [1.165, 1.54) is 0 Å². The van der Waals surface area contributed by atoms with Crippen LogP contribution in [0.1, 0.15) is 6.92 Å². The predicted molar refractivity (Wildman–Crippen MR) is 40.1 cm³/mol. The maximum atomic E-state index is 4.85. The van der Waals surface area contributed by atoms with Crippen molar-refractivity contribution < 1.29 is 4.74 Å². The summed E-state index contributed by atoms with van der Waals surface area (Å²) in [5.41, 5.74) is 1.01. The minimum absolute atomic E-state index is 0.690. The lowest BCUT2D eigenvalue weighted by Gasteiger charge is -2.01. The molecule has 0 unspecified atom stereocenters. The zero-order valence-electron chi connectivity index (χ0n) is 5.98. The predicted octanol–water partition coefficient (Wildman–Crippen LogP) is 2.28. The lowest BCUT2D eigenvalue weighted by Crippen LogP contribution is -1.84. The molecule has 0 amide bonds. The van der Waals surface area contributed by atoms with Crippen molar-refractivity contribution in [1.29, 1.82) is 0 Å². The lowest BCUT2D eigenvalue weighted by atomic mass is 10.2. The summed E-state index contributed by atoms with van der Waals surface area (Å²) in [5, 5.41) is 0. The maximum Gasteiger partial charge on any atom is 0.114 e. The number of methoxy groups -OCH3 is 1. The Morgan fingerprint density at radius 2 is 2.11 bits per heavy atom. The maximum absolute atomic E-state index is 4.85. The second-order valence-electron chi connectivity index (χ2n) is 1.71. The van der Waals surface area contributed by atoms with Crippen molar-refractivity contribution in [1.82, 2.24) is 0 Å². The van der Waals surface area contributed by atoms with E-state index in [9.17, 15) is 0 Å². The standard InChI is InChI=1S/C8H12O/c1-5-6-7(2)8(3)9-4/h5-6H,1,3H2,2,4H3/b7-6-. The van der Waals surface area contributed by atoms with Gasteiger partial charge in [-0.25, -0.2) is 0 Å². The minimum Gasteiger partial charge on any atom is -0.497 e. The normalized spacial score (nSPS) is 10.7. The van der Waals surface area contributed by atoms with Gasteiger partial charge >= 0.3 is 0 Å². The highest BCUT2D eigenvalue weighted by Gasteiger charge is 1.90. The molecule has 0 bridgehead atoms. The van der Waals surface area contributed by atoms with Crippen molar-refractivity contribution >= 4 is 0 Å². The zero-order chi connectivity index (χ0) is 7.28. The third-order valence-electron chi connectivity index (χ3n) is 1.05. The van der Waals surface area contributed by atoms with Crippen molar-refractivity contribution in [3.05, 3.63) is 36.6 Å². The molecule has 0 aliphatic heterocycles. The van der Waals surface area contributed by atoms with Gasteiger partial charge in [0.25, 0.3) is 0 Å². The molecule has 9 heavy (non-hydrogen) atoms. The second kappa shape index (κ2) is 3.96. The molecule has 0 saturated carbocycles. The second-order valence-corrected chi connectivity index (χ2v) is 1.71. The van der Waals surface area contributed by atoms with Gasteiger partial charge in [0.2, 0.25) is 0 Å². The smallest absolute Gasteiger partial charge is 0.114 e. The molecule has 0 radical (unpaired) electrons. The van der Waals surface area contributed by atoms with Gasteiger partial charge < -0.3 is 4.74 Å². The van der Waals surface area contributed by atoms with Crippen molar-refractivity contribution in [3.8, 4) is 0 Å². The van der Waals surface area contributed by atoms with Gasteiger partial charge in [-0.1, -0.05) is 25.3 Å². The van der Waals surface area contributed by atoms with Crippen LogP contribution in [0.2, 0.25) is 0 Å². The Hall–Kier alpha value is -0.980. The summed E-state index contributed by atoms with van der Waals surface area (Å²) in [4.78, 5) is 0. The van der Waals surface area contributed by atoms with E-state index in [0.717, 1.165) is 5.57 Å². The Kier molecular flexibility index (Phi) is 3.52. The van der Waals surface area contributed by atoms with Gasteiger partial charge in [-0.2, -0.15) is 0 Å². The number of hydrogen-bond donors (Lipinski definition) is 0. The van der Waals surface area contributed by atoms with Crippen LogP contribution in [0.3, 0.4) is 0 Å². The van der Waals surface area contributed by atoms with E-state index in [0.29, 0.717) is 5.76 Å². The summed E-state index contributed by atoms with van der Waals surface area (Å²) >= 11 is 0. The molecule has 0 rings (SSSR count). The molecule has 0 aromatic rings. The van der Waals surface area contributed by atoms with Gasteiger partial charge in [-0.05, 0) is 12.5 Å². The Balaban J connectivity index is 4.01. The summed E-state index contributed by atoms with van der Waals surface area (Å²) in [7, 11) is 1.60. The zero-order valence-corrected chi connectivity index (χ0v) is 5.98. The average Bonchev–Trinajstić information content (AvgIpc) is 1.87. The highest BCUT2D eigenvalue weighted by Crippen LogP contribution is 2.05. The van der Waals surface area contributed by atoms with Gasteiger partial charge in [-0.3, -0.25) is 0 Å². The van der Waals surface area contributed by atoms with Crippen LogP contribution in [-0.4, -0.2) is 7.11 Å². The van der Waals surface area contributed by atoms with Gasteiger partial charge in [0, 0.05) is 0 Å². The topological polar surface area (TPSA) is 9.23 Å². The molecule has 0 heterocycles. The summed E-state index contributed by atoms with van der Waals surface area (Å²) in [5.74, 6) is 0.690. The molecular weight excluding hydrogens is 112 g/mol. The molecule has 0 aliphatic carbocycles. The number of hydrogen-bond acceptors (Lipinski definition) is 1. The third-order valence-corrected chi connectivity index (χ3v) is 1.05. The monoisotopic (exact) mass is 124 g/mol. The van der Waals surface area contributed by atoms with Crippen molar-refractivity contribution in [3.63, 3.8) is 0 Å². The first-order valence-electron chi connectivity index (χ1n) is 2.75. The third kappa shape index (κ3) is 2.75. The van der Waals surface area contributed by atoms with E-state index in [1.54, 1.807) is 13.2 Å². The Morgan fingerprint density at radius 1 is 1.56 bits per heavy atom. The molecular formula is C8H12O. The molecule has 0 fully saturated rings. The van der Waals surface area contributed by atoms with E-state index in [4.69, 9.17) is 4.74 Å². The first-order chi connectivity index (χ1) is 4.22. The molecule has 0 saturated heterocycles. The highest BCUT2D eigenvalue weighted by atomic mass is 16.5. The first-order valence-corrected chi connectivity index (χ1v) is 2.75. The van der Waals surface area contributed by atoms with Crippen LogP contribution in [-0.2, 0) is 4.74 Å². The number of rotatable bonds is 3. The van der Waals surface area contributed by atoms with E-state index in [2.05, 4.69) is 13.2 Å². The molecule has 0 spiro atoms. The lowest BCUT2D eigenvalue weighted by molar-refractivity contribution is 0.303. The summed E-state index contributed by atoms with van der Waals surface area (Å²) < 4.78 is 4.85. The fraction of sp³-hybridized carbons (Fsp3) is 0.250. The molecule has 0 atom stereocenters. The number of allylic oxidation sites excluding steroid dienone is 3. The summed E-state index contributed by atoms with van der Waals surface area (Å²) in [6.45, 7) is 9.12. The van der Waals surface area contributed by atoms with Crippen LogP contribution in [0.5, 0.6) is 0 Å². The Bertz CT molecular complexity index is 143. The fourth-order valence-corrected chi connectivity index (χ4v) is 0.431. The van der Waals surface area contributed by atoms with Crippen molar-refractivity contribution in [2.75, 3.05) is 7.11 Å². The van der Waals surface area contributed by atoms with Gasteiger partial charge in [0.15, 0.2) is 0 Å². The van der Waals surface area contributed by atoms with Crippen LogP contribution in [0.15, 0.2) is 36.6 Å². The molecule has 0 aromatic carbocycles. The quantitative estimate of drug-likeness (QED) is 0.414. The largest absolute Gasteiger partial charge is 0.497 e. The van der Waals surface area contributed by atoms with Crippen LogP contribution in [0, 0.1) is 0 Å². The minimum atomic E-state index is 0.690. The van der Waals surface area contributed by atoms with Gasteiger partial charge in [0.05, 0.1) is 7.11 Å². The van der Waals surface area contributed by atoms with Crippen LogP contribution in [0.4, 0.5) is 0 Å². The molecule has 1 nitrogen and oxygen atoms in total. The van der Waals surface area contributed by atoms with Gasteiger partial charge in [-0.15, -0.1) is 0 Å². The summed E-state index contributed by atoms with van der Waals surface area (Å²) in [6, 6.07) is 0. The van der Waals surface area contributed by atoms with Gasteiger partial charge in [0.1, 0.15) is 5.76 Å². The molecule has 50 valence electrons. The molecule has 0 aromatic heterocycles. The molecule has 1 heteroatoms. The van der Waals surface area contributed by atoms with E-state index in [-0.39, 0.29) is 0 Å². The van der Waals surface area contributed by atoms with E-state index < -0.39 is 0 Å². The highest BCUT2D eigenvalue weighted by molar-refractivity contribution is 5.24. The average molecular weight is 124 g/mol. The summed E-state index contributed by atoms with van der Waals surface area (Å²) in [6.07, 6.45) is 3.56. The SMILES string of the molecule is C=C/C=C(/C)C(=C)OC. The molecule has 0 aliphatic rings. The Morgan fingerprint density at radius 3 is 2.44 bits per heavy atom. The molecule has 0 N–H and O–H groups in total.